The third-order valence-corrected chi connectivity index (χ3v) is 13.4. The number of benzene rings is 1. The summed E-state index contributed by atoms with van der Waals surface area (Å²) in [6.45, 7) is 5.04. The summed E-state index contributed by atoms with van der Waals surface area (Å²) >= 11 is 0. The number of likely N-dealkylation sites (tertiary alicyclic amines) is 1. The normalized spacial score (nSPS) is 47.4. The molecule has 1 aromatic carbocycles. The smallest absolute Gasteiger partial charge is 0.338 e. The van der Waals surface area contributed by atoms with E-state index in [9.17, 15) is 19.8 Å². The van der Waals surface area contributed by atoms with Crippen molar-refractivity contribution in [2.75, 3.05) is 55.2 Å². The third kappa shape index (κ3) is 4.00. The molecule has 12 heteroatoms. The van der Waals surface area contributed by atoms with E-state index >= 15 is 0 Å². The molecule has 6 aliphatic rings. The molecule has 2 N–H and O–H groups in total. The van der Waals surface area contributed by atoms with Crippen LogP contribution >= 0.6 is 0 Å². The van der Waals surface area contributed by atoms with E-state index in [0.29, 0.717) is 37.4 Å². The second-order valence-electron chi connectivity index (χ2n) is 14.7. The highest BCUT2D eigenvalue weighted by Gasteiger charge is 2.90. The van der Waals surface area contributed by atoms with Crippen LogP contribution in [0.3, 0.4) is 0 Å². The SMILES string of the molecule is CCN1C[C@@]2(COC)[C@H](O)C[C@H](OC)[C@@]34[C@@H]5C[C@]6(O)[C@H](OC(=O)c7ccc(OC)cc7)[C@@H]5[C@@](OC(C)=O)(C[C@H]6OC)[C@@H]([C@H](OC)[C@@H]23)[C@@H]14. The van der Waals surface area contributed by atoms with Gasteiger partial charge in [-0.2, -0.15) is 0 Å². The summed E-state index contributed by atoms with van der Waals surface area (Å²) in [5.74, 6) is -2.10. The zero-order chi connectivity index (χ0) is 33.7. The number of carbonyl (C=O) groups is 2. The molecule has 260 valence electrons. The standard InChI is InChI=1S/C35H49NO11/c1-8-36-16-32(17-41-3)22(38)13-23(43-5)35-21-14-33(40)24(44-6)15-34(47-18(2)37,26(29(35)36)27(45-7)28(32)35)25(21)30(33)46-31(39)19-9-11-20(42-4)12-10-19/h9-12,21-30,38,40H,8,13-17H2,1-7H3/t21-,22-,23+,24-,25-,26+,27+,28+,29-,30-,32-,33-,34+,35+/m1/s1. The lowest BCUT2D eigenvalue weighted by atomic mass is 9.42. The molecule has 1 spiro atoms. The average molecular weight is 660 g/mol. The Labute approximate surface area is 275 Å². The monoisotopic (exact) mass is 659 g/mol. The molecule has 1 aromatic rings. The molecule has 6 fully saturated rings. The van der Waals surface area contributed by atoms with Crippen molar-refractivity contribution in [2.45, 2.75) is 80.9 Å². The number of ether oxygens (including phenoxy) is 7. The molecule has 1 saturated heterocycles. The summed E-state index contributed by atoms with van der Waals surface area (Å²) in [4.78, 5) is 29.5. The van der Waals surface area contributed by atoms with E-state index in [2.05, 4.69) is 11.8 Å². The molecule has 0 radical (unpaired) electrons. The molecule has 0 amide bonds. The van der Waals surface area contributed by atoms with Gasteiger partial charge >= 0.3 is 11.9 Å². The van der Waals surface area contributed by atoms with Crippen molar-refractivity contribution in [1.82, 2.24) is 4.90 Å². The van der Waals surface area contributed by atoms with E-state index in [-0.39, 0.29) is 30.7 Å². The van der Waals surface area contributed by atoms with Gasteiger partial charge in [-0.3, -0.25) is 9.69 Å². The van der Waals surface area contributed by atoms with Gasteiger partial charge in [-0.05, 0) is 43.1 Å². The first-order valence-electron chi connectivity index (χ1n) is 16.7. The van der Waals surface area contributed by atoms with Crippen LogP contribution in [-0.4, -0.2) is 130 Å². The quantitative estimate of drug-likeness (QED) is 0.353. The first-order valence-corrected chi connectivity index (χ1v) is 16.7. The Morgan fingerprint density at radius 2 is 1.68 bits per heavy atom. The molecule has 1 aliphatic heterocycles. The third-order valence-electron chi connectivity index (χ3n) is 13.4. The number of carbonyl (C=O) groups excluding carboxylic acids is 2. The Hall–Kier alpha value is -2.32. The van der Waals surface area contributed by atoms with E-state index in [1.165, 1.54) is 14.0 Å². The minimum absolute atomic E-state index is 0.179. The molecule has 1 heterocycles. The van der Waals surface area contributed by atoms with Crippen LogP contribution in [-0.2, 0) is 33.2 Å². The highest BCUT2D eigenvalue weighted by atomic mass is 16.6. The van der Waals surface area contributed by atoms with E-state index in [0.717, 1.165) is 0 Å². The van der Waals surface area contributed by atoms with Crippen LogP contribution in [0, 0.1) is 34.5 Å². The van der Waals surface area contributed by atoms with Crippen LogP contribution in [0.4, 0.5) is 0 Å². The highest BCUT2D eigenvalue weighted by molar-refractivity contribution is 5.89. The van der Waals surface area contributed by atoms with E-state index < -0.39 is 76.3 Å². The molecular weight excluding hydrogens is 610 g/mol. The van der Waals surface area contributed by atoms with Gasteiger partial charge in [0, 0.05) is 89.4 Å². The fourth-order valence-electron chi connectivity index (χ4n) is 12.4. The number of hydrogen-bond acceptors (Lipinski definition) is 12. The fourth-order valence-corrected chi connectivity index (χ4v) is 12.4. The maximum absolute atomic E-state index is 13.9. The van der Waals surface area contributed by atoms with Crippen molar-refractivity contribution < 1.29 is 53.0 Å². The Bertz CT molecular complexity index is 1390. The summed E-state index contributed by atoms with van der Waals surface area (Å²) < 4.78 is 43.2. The molecule has 14 atom stereocenters. The van der Waals surface area contributed by atoms with Crippen molar-refractivity contribution in [3.63, 3.8) is 0 Å². The number of piperidine rings is 1. The minimum Gasteiger partial charge on any atom is -0.497 e. The zero-order valence-electron chi connectivity index (χ0n) is 28.3. The van der Waals surface area contributed by atoms with Crippen LogP contribution in [0.1, 0.15) is 43.5 Å². The van der Waals surface area contributed by atoms with Crippen molar-refractivity contribution in [3.05, 3.63) is 29.8 Å². The topological polar surface area (TPSA) is 142 Å². The number of rotatable bonds is 10. The molecule has 7 rings (SSSR count). The van der Waals surface area contributed by atoms with Crippen molar-refractivity contribution in [1.29, 1.82) is 0 Å². The largest absolute Gasteiger partial charge is 0.497 e. The van der Waals surface area contributed by atoms with E-state index in [1.807, 2.05) is 0 Å². The maximum Gasteiger partial charge on any atom is 0.338 e. The van der Waals surface area contributed by atoms with Gasteiger partial charge in [0.25, 0.3) is 0 Å². The number of methoxy groups -OCH3 is 5. The fraction of sp³-hybridized carbons (Fsp3) is 0.771. The van der Waals surface area contributed by atoms with Gasteiger partial charge in [-0.25, -0.2) is 4.79 Å². The molecule has 12 nitrogen and oxygen atoms in total. The number of hydrogen-bond donors (Lipinski definition) is 2. The second kappa shape index (κ2) is 11.4. The van der Waals surface area contributed by atoms with Gasteiger partial charge in [-0.15, -0.1) is 0 Å². The number of fused-ring (bicyclic) bond motifs is 2. The lowest BCUT2D eigenvalue weighted by Crippen LogP contribution is -2.79. The molecule has 5 saturated carbocycles. The van der Waals surface area contributed by atoms with Crippen LogP contribution in [0.15, 0.2) is 24.3 Å². The van der Waals surface area contributed by atoms with Gasteiger partial charge < -0.3 is 43.4 Å². The van der Waals surface area contributed by atoms with Gasteiger partial charge in [0.1, 0.15) is 23.1 Å². The summed E-state index contributed by atoms with van der Waals surface area (Å²) in [7, 11) is 8.11. The van der Waals surface area contributed by atoms with E-state index in [4.69, 9.17) is 33.2 Å². The van der Waals surface area contributed by atoms with Gasteiger partial charge in [-0.1, -0.05) is 6.92 Å². The van der Waals surface area contributed by atoms with Crippen LogP contribution in [0.2, 0.25) is 0 Å². The number of aliphatic hydroxyl groups excluding tert-OH is 1. The zero-order valence-corrected chi connectivity index (χ0v) is 28.3. The van der Waals surface area contributed by atoms with Crippen molar-refractivity contribution in [3.8, 4) is 5.75 Å². The highest BCUT2D eigenvalue weighted by Crippen LogP contribution is 2.80. The lowest BCUT2D eigenvalue weighted by molar-refractivity contribution is -0.300. The number of nitrogens with zero attached hydrogens (tertiary/aromatic N) is 1. The van der Waals surface area contributed by atoms with Gasteiger partial charge in [0.15, 0.2) is 0 Å². The number of aliphatic hydroxyl groups is 2. The number of esters is 2. The molecule has 7 bridgehead atoms. The Morgan fingerprint density at radius 3 is 2.26 bits per heavy atom. The Balaban J connectivity index is 1.47. The van der Waals surface area contributed by atoms with Gasteiger partial charge in [0.05, 0.1) is 43.7 Å². The van der Waals surface area contributed by atoms with E-state index in [1.54, 1.807) is 52.7 Å². The van der Waals surface area contributed by atoms with Crippen LogP contribution in [0.5, 0.6) is 5.75 Å². The second-order valence-corrected chi connectivity index (χ2v) is 14.7. The molecule has 47 heavy (non-hydrogen) atoms. The summed E-state index contributed by atoms with van der Waals surface area (Å²) in [5.41, 5.74) is -3.89. The first kappa shape index (κ1) is 33.2. The van der Waals surface area contributed by atoms with Crippen LogP contribution in [0.25, 0.3) is 0 Å². The molecule has 5 aliphatic carbocycles. The molecule has 0 unspecified atom stereocenters. The maximum atomic E-state index is 13.9. The van der Waals surface area contributed by atoms with Crippen LogP contribution < -0.4 is 4.74 Å². The summed E-state index contributed by atoms with van der Waals surface area (Å²) in [6, 6.07) is 6.44. The predicted molar refractivity (Wildman–Crippen MR) is 166 cm³/mol. The predicted octanol–water partition coefficient (Wildman–Crippen LogP) is 1.69. The minimum atomic E-state index is -1.58. The summed E-state index contributed by atoms with van der Waals surface area (Å²) in [5, 5.41) is 24.8. The Morgan fingerprint density at radius 1 is 0.979 bits per heavy atom. The van der Waals surface area contributed by atoms with Gasteiger partial charge in [0.2, 0.25) is 0 Å². The van der Waals surface area contributed by atoms with Crippen molar-refractivity contribution in [2.24, 2.45) is 34.5 Å². The summed E-state index contributed by atoms with van der Waals surface area (Å²) in [6.07, 6.45) is -2.70. The Kier molecular flexibility index (Phi) is 8.02. The lowest BCUT2D eigenvalue weighted by Gasteiger charge is -2.70. The molecular formula is C35H49NO11. The van der Waals surface area contributed by atoms with Crippen molar-refractivity contribution >= 4 is 11.9 Å². The first-order chi connectivity index (χ1) is 22.5. The molecule has 0 aromatic heterocycles. The average Bonchev–Trinajstić information content (AvgIpc) is 3.43.